The van der Waals surface area contributed by atoms with E-state index in [0.29, 0.717) is 11.0 Å². The highest BCUT2D eigenvalue weighted by Crippen LogP contribution is 2.34. The summed E-state index contributed by atoms with van der Waals surface area (Å²) in [6, 6.07) is 12.8. The van der Waals surface area contributed by atoms with Gasteiger partial charge in [-0.15, -0.1) is 0 Å². The first kappa shape index (κ1) is 25.4. The Hall–Kier alpha value is -3.73. The average molecular weight is 516 g/mol. The third kappa shape index (κ3) is 5.73. The number of fused-ring (bicyclic) bond motifs is 1. The van der Waals surface area contributed by atoms with Crippen LogP contribution in [-0.2, 0) is 14.8 Å². The molecule has 10 nitrogen and oxygen atoms in total. The quantitative estimate of drug-likeness (QED) is 0.413. The van der Waals surface area contributed by atoms with Crippen molar-refractivity contribution in [2.24, 2.45) is 0 Å². The maximum Gasteiger partial charge on any atom is 0.407 e. The number of hydrogen-bond donors (Lipinski definition) is 2. The van der Waals surface area contributed by atoms with Crippen LogP contribution in [-0.4, -0.2) is 53.3 Å². The van der Waals surface area contributed by atoms with Gasteiger partial charge in [-0.1, -0.05) is 12.1 Å². The largest absolute Gasteiger partial charge is 0.490 e. The summed E-state index contributed by atoms with van der Waals surface area (Å²) >= 11 is 0. The SMILES string of the molecule is CN(C)c1ccc2cc(C(=O)NS(=O)(=O)c3ccccc3OCCNC(=O)OC3(C)CCC3)oc2c1. The number of furan rings is 1. The molecule has 2 aromatic carbocycles. The number of sulfonamides is 1. The number of rotatable bonds is 9. The van der Waals surface area contributed by atoms with Crippen molar-refractivity contribution in [3.05, 3.63) is 54.3 Å². The summed E-state index contributed by atoms with van der Waals surface area (Å²) < 4.78 is 44.5. The van der Waals surface area contributed by atoms with Gasteiger partial charge in [-0.2, -0.15) is 0 Å². The topological polar surface area (TPSA) is 127 Å². The van der Waals surface area contributed by atoms with Crippen LogP contribution in [0.2, 0.25) is 0 Å². The van der Waals surface area contributed by atoms with Crippen molar-refractivity contribution in [3.63, 3.8) is 0 Å². The smallest absolute Gasteiger partial charge is 0.407 e. The molecule has 0 saturated heterocycles. The zero-order valence-corrected chi connectivity index (χ0v) is 21.2. The number of nitrogens with zero attached hydrogens (tertiary/aromatic N) is 1. The van der Waals surface area contributed by atoms with Gasteiger partial charge in [0, 0.05) is 31.2 Å². The van der Waals surface area contributed by atoms with Gasteiger partial charge in [0.1, 0.15) is 28.4 Å². The molecule has 0 aliphatic heterocycles. The number of carbonyl (C=O) groups excluding carboxylic acids is 2. The van der Waals surface area contributed by atoms with Crippen LogP contribution in [0, 0.1) is 0 Å². The highest BCUT2D eigenvalue weighted by Gasteiger charge is 2.35. The van der Waals surface area contributed by atoms with Crippen molar-refractivity contribution in [1.29, 1.82) is 0 Å². The van der Waals surface area contributed by atoms with Gasteiger partial charge < -0.3 is 24.1 Å². The van der Waals surface area contributed by atoms with Crippen LogP contribution in [0.3, 0.4) is 0 Å². The Balaban J connectivity index is 1.39. The molecule has 11 heteroatoms. The fourth-order valence-corrected chi connectivity index (χ4v) is 4.88. The predicted octanol–water partition coefficient (Wildman–Crippen LogP) is 3.67. The molecule has 2 amide bonds. The van der Waals surface area contributed by atoms with E-state index < -0.39 is 27.6 Å². The molecule has 1 aliphatic carbocycles. The Bertz CT molecular complexity index is 1380. The van der Waals surface area contributed by atoms with Gasteiger partial charge in [0.15, 0.2) is 5.76 Å². The van der Waals surface area contributed by atoms with Gasteiger partial charge in [-0.05, 0) is 56.5 Å². The predicted molar refractivity (Wildman–Crippen MR) is 134 cm³/mol. The molecule has 2 N–H and O–H groups in total. The van der Waals surface area contributed by atoms with Gasteiger partial charge in [-0.3, -0.25) is 4.79 Å². The minimum absolute atomic E-state index is 0.00404. The number of para-hydroxylation sites is 1. The van der Waals surface area contributed by atoms with Crippen LogP contribution in [0.1, 0.15) is 36.7 Å². The first-order chi connectivity index (χ1) is 17.1. The number of carbonyl (C=O) groups is 2. The lowest BCUT2D eigenvalue weighted by Crippen LogP contribution is -2.42. The second-order valence-corrected chi connectivity index (χ2v) is 10.7. The van der Waals surface area contributed by atoms with E-state index in [2.05, 4.69) is 5.32 Å². The van der Waals surface area contributed by atoms with Crippen LogP contribution in [0.25, 0.3) is 11.0 Å². The monoisotopic (exact) mass is 515 g/mol. The van der Waals surface area contributed by atoms with Gasteiger partial charge in [0.2, 0.25) is 0 Å². The van der Waals surface area contributed by atoms with Gasteiger partial charge in [0.05, 0.1) is 6.54 Å². The second kappa shape index (κ2) is 10.1. The summed E-state index contributed by atoms with van der Waals surface area (Å²) in [6.45, 7) is 2.00. The summed E-state index contributed by atoms with van der Waals surface area (Å²) in [7, 11) is -0.523. The van der Waals surface area contributed by atoms with E-state index in [-0.39, 0.29) is 29.6 Å². The molecule has 192 valence electrons. The fraction of sp³-hybridized carbons (Fsp3) is 0.360. The van der Waals surface area contributed by atoms with E-state index in [4.69, 9.17) is 13.9 Å². The number of anilines is 1. The third-order valence-corrected chi connectivity index (χ3v) is 7.36. The van der Waals surface area contributed by atoms with E-state index in [0.717, 1.165) is 24.9 Å². The maximum atomic E-state index is 13.0. The number of benzene rings is 2. The molecule has 1 heterocycles. The maximum absolute atomic E-state index is 13.0. The normalized spacial score (nSPS) is 14.5. The molecule has 1 saturated carbocycles. The minimum Gasteiger partial charge on any atom is -0.490 e. The van der Waals surface area contributed by atoms with Crippen LogP contribution in [0.5, 0.6) is 5.75 Å². The van der Waals surface area contributed by atoms with Crippen LogP contribution in [0.15, 0.2) is 57.8 Å². The van der Waals surface area contributed by atoms with Gasteiger partial charge in [-0.25, -0.2) is 17.9 Å². The Kier molecular flexibility index (Phi) is 7.11. The summed E-state index contributed by atoms with van der Waals surface area (Å²) in [5.74, 6) is -0.994. The Morgan fingerprint density at radius 3 is 2.56 bits per heavy atom. The summed E-state index contributed by atoms with van der Waals surface area (Å²) in [5.41, 5.74) is 0.922. The Labute approximate surface area is 209 Å². The molecule has 0 bridgehead atoms. The van der Waals surface area contributed by atoms with E-state index in [1.807, 2.05) is 36.7 Å². The molecule has 36 heavy (non-hydrogen) atoms. The number of hydrogen-bond acceptors (Lipinski definition) is 8. The second-order valence-electron chi connectivity index (χ2n) is 9.08. The molecular formula is C25H29N3O7S. The van der Waals surface area contributed by atoms with Gasteiger partial charge in [0.25, 0.3) is 10.0 Å². The number of nitrogens with one attached hydrogen (secondary N) is 2. The zero-order valence-electron chi connectivity index (χ0n) is 20.4. The first-order valence-corrected chi connectivity index (χ1v) is 13.0. The van der Waals surface area contributed by atoms with Crippen molar-refractivity contribution >= 4 is 38.7 Å². The molecule has 4 rings (SSSR count). The van der Waals surface area contributed by atoms with E-state index in [9.17, 15) is 18.0 Å². The van der Waals surface area contributed by atoms with E-state index >= 15 is 0 Å². The molecule has 3 aromatic rings. The van der Waals surface area contributed by atoms with Crippen LogP contribution < -0.4 is 19.7 Å². The van der Waals surface area contributed by atoms with E-state index in [1.165, 1.54) is 24.3 Å². The standard InChI is InChI=1S/C25H29N3O7S/c1-25(11-6-12-25)35-24(30)26-13-14-33-19-7-4-5-8-22(19)36(31,32)27-23(29)21-15-17-9-10-18(28(2)3)16-20(17)34-21/h4-5,7-10,15-16H,6,11-14H2,1-3H3,(H,26,30)(H,27,29). The van der Waals surface area contributed by atoms with Crippen molar-refractivity contribution in [1.82, 2.24) is 10.0 Å². The molecule has 1 aliphatic rings. The lowest BCUT2D eigenvalue weighted by Gasteiger charge is -2.37. The summed E-state index contributed by atoms with van der Waals surface area (Å²) in [6.07, 6.45) is 2.15. The molecule has 0 spiro atoms. The van der Waals surface area contributed by atoms with Crippen molar-refractivity contribution in [2.45, 2.75) is 36.7 Å². The number of amides is 2. The molecular weight excluding hydrogens is 486 g/mol. The highest BCUT2D eigenvalue weighted by atomic mass is 32.2. The zero-order chi connectivity index (χ0) is 25.9. The molecule has 1 aromatic heterocycles. The summed E-state index contributed by atoms with van der Waals surface area (Å²) in [4.78, 5) is 26.3. The average Bonchev–Trinajstić information content (AvgIpc) is 3.24. The van der Waals surface area contributed by atoms with Gasteiger partial charge >= 0.3 is 12.0 Å². The number of alkyl carbamates (subject to hydrolysis) is 1. The molecule has 0 atom stereocenters. The number of ether oxygens (including phenoxy) is 2. The molecule has 0 unspecified atom stereocenters. The Morgan fingerprint density at radius 1 is 1.11 bits per heavy atom. The van der Waals surface area contributed by atoms with E-state index in [1.54, 1.807) is 18.2 Å². The fourth-order valence-electron chi connectivity index (χ4n) is 3.78. The van der Waals surface area contributed by atoms with Crippen molar-refractivity contribution < 1.29 is 31.9 Å². The first-order valence-electron chi connectivity index (χ1n) is 11.5. The molecule has 1 fully saturated rings. The van der Waals surface area contributed by atoms with Crippen LogP contribution >= 0.6 is 0 Å². The Morgan fingerprint density at radius 2 is 1.86 bits per heavy atom. The summed E-state index contributed by atoms with van der Waals surface area (Å²) in [5, 5.41) is 3.26. The van der Waals surface area contributed by atoms with Crippen molar-refractivity contribution in [3.8, 4) is 5.75 Å². The van der Waals surface area contributed by atoms with Crippen LogP contribution in [0.4, 0.5) is 10.5 Å². The lowest BCUT2D eigenvalue weighted by atomic mass is 9.82. The highest BCUT2D eigenvalue weighted by molar-refractivity contribution is 7.90. The third-order valence-electron chi connectivity index (χ3n) is 5.99. The molecule has 0 radical (unpaired) electrons. The minimum atomic E-state index is -4.28. The lowest BCUT2D eigenvalue weighted by molar-refractivity contribution is -0.0323. The van der Waals surface area contributed by atoms with Crippen molar-refractivity contribution in [2.75, 3.05) is 32.1 Å².